The summed E-state index contributed by atoms with van der Waals surface area (Å²) in [5, 5.41) is 4.62. The van der Waals surface area contributed by atoms with Gasteiger partial charge in [0.15, 0.2) is 11.7 Å². The summed E-state index contributed by atoms with van der Waals surface area (Å²) in [5.41, 5.74) is 0.854. The second-order valence-electron chi connectivity index (χ2n) is 5.67. The van der Waals surface area contributed by atoms with Crippen LogP contribution in [-0.4, -0.2) is 17.1 Å². The molecule has 0 unspecified atom stereocenters. The molecule has 0 saturated carbocycles. The van der Waals surface area contributed by atoms with E-state index < -0.39 is 0 Å². The summed E-state index contributed by atoms with van der Waals surface area (Å²) in [6, 6.07) is 5.28. The Balaban J connectivity index is 2.07. The molecule has 1 heterocycles. The van der Waals surface area contributed by atoms with Crippen LogP contribution >= 0.6 is 23.2 Å². The standard InChI is InChI=1S/C15H18Cl2N2O/c1-15(2,3)19-7-6-14-18-9-13(20-14)11-8-10(16)4-5-12(11)17/h4-5,8-9,19H,6-7H2,1-3H3. The molecule has 0 aliphatic rings. The second kappa shape index (κ2) is 6.17. The van der Waals surface area contributed by atoms with E-state index in [0.717, 1.165) is 18.5 Å². The van der Waals surface area contributed by atoms with Crippen molar-refractivity contribution in [3.63, 3.8) is 0 Å². The molecule has 0 radical (unpaired) electrons. The maximum atomic E-state index is 6.15. The average Bonchev–Trinajstić information content (AvgIpc) is 2.79. The molecule has 5 heteroatoms. The van der Waals surface area contributed by atoms with Gasteiger partial charge in [-0.25, -0.2) is 4.98 Å². The van der Waals surface area contributed by atoms with Gasteiger partial charge in [0, 0.05) is 29.1 Å². The molecule has 0 spiro atoms. The summed E-state index contributed by atoms with van der Waals surface area (Å²) in [6.07, 6.45) is 2.42. The first-order chi connectivity index (χ1) is 9.35. The van der Waals surface area contributed by atoms with Gasteiger partial charge < -0.3 is 9.73 Å². The van der Waals surface area contributed by atoms with Crippen LogP contribution < -0.4 is 5.32 Å². The van der Waals surface area contributed by atoms with Gasteiger partial charge in [0.1, 0.15) is 0 Å². The Hall–Kier alpha value is -1.03. The zero-order valence-electron chi connectivity index (χ0n) is 11.8. The van der Waals surface area contributed by atoms with Crippen LogP contribution in [-0.2, 0) is 6.42 Å². The molecule has 0 bridgehead atoms. The van der Waals surface area contributed by atoms with Crippen molar-refractivity contribution in [1.29, 1.82) is 0 Å². The molecule has 108 valence electrons. The monoisotopic (exact) mass is 312 g/mol. The molecule has 0 atom stereocenters. The number of rotatable bonds is 4. The van der Waals surface area contributed by atoms with Crippen LogP contribution in [0.3, 0.4) is 0 Å². The summed E-state index contributed by atoms with van der Waals surface area (Å²) >= 11 is 12.1. The zero-order chi connectivity index (χ0) is 14.8. The highest BCUT2D eigenvalue weighted by atomic mass is 35.5. The maximum absolute atomic E-state index is 6.15. The van der Waals surface area contributed by atoms with E-state index in [1.807, 2.05) is 0 Å². The summed E-state index contributed by atoms with van der Waals surface area (Å²) < 4.78 is 5.73. The molecule has 1 aromatic carbocycles. The summed E-state index contributed by atoms with van der Waals surface area (Å²) in [4.78, 5) is 4.27. The Morgan fingerprint density at radius 1 is 1.25 bits per heavy atom. The fourth-order valence-electron chi connectivity index (χ4n) is 1.78. The fourth-order valence-corrected chi connectivity index (χ4v) is 2.16. The van der Waals surface area contributed by atoms with E-state index in [0.29, 0.717) is 21.7 Å². The lowest BCUT2D eigenvalue weighted by molar-refractivity contribution is 0.412. The van der Waals surface area contributed by atoms with E-state index in [-0.39, 0.29) is 5.54 Å². The second-order valence-corrected chi connectivity index (χ2v) is 6.51. The van der Waals surface area contributed by atoms with Crippen molar-refractivity contribution in [3.8, 4) is 11.3 Å². The van der Waals surface area contributed by atoms with Gasteiger partial charge in [0.05, 0.1) is 11.2 Å². The van der Waals surface area contributed by atoms with Gasteiger partial charge in [-0.15, -0.1) is 0 Å². The van der Waals surface area contributed by atoms with Gasteiger partial charge >= 0.3 is 0 Å². The van der Waals surface area contributed by atoms with Crippen LogP contribution in [0.4, 0.5) is 0 Å². The van der Waals surface area contributed by atoms with Crippen LogP contribution in [0.1, 0.15) is 26.7 Å². The number of hydrogen-bond acceptors (Lipinski definition) is 3. The Kier molecular flexibility index (Phi) is 4.74. The van der Waals surface area contributed by atoms with Crippen molar-refractivity contribution >= 4 is 23.2 Å². The highest BCUT2D eigenvalue weighted by molar-refractivity contribution is 6.35. The van der Waals surface area contributed by atoms with E-state index >= 15 is 0 Å². The molecule has 3 nitrogen and oxygen atoms in total. The molecule has 0 aliphatic heterocycles. The summed E-state index contributed by atoms with van der Waals surface area (Å²) in [5.74, 6) is 1.33. The normalized spacial score (nSPS) is 11.8. The van der Waals surface area contributed by atoms with Crippen molar-refractivity contribution in [1.82, 2.24) is 10.3 Å². The van der Waals surface area contributed by atoms with Crippen molar-refractivity contribution in [3.05, 3.63) is 40.3 Å². The molecule has 0 fully saturated rings. The average molecular weight is 313 g/mol. The number of oxazole rings is 1. The molecule has 2 rings (SSSR count). The third-order valence-corrected chi connectivity index (χ3v) is 3.31. The number of benzene rings is 1. The van der Waals surface area contributed by atoms with Crippen LogP contribution in [0.15, 0.2) is 28.8 Å². The number of halogens is 2. The molecule has 1 N–H and O–H groups in total. The number of aromatic nitrogens is 1. The lowest BCUT2D eigenvalue weighted by atomic mass is 10.1. The largest absolute Gasteiger partial charge is 0.441 e. The van der Waals surface area contributed by atoms with Crippen LogP contribution in [0.25, 0.3) is 11.3 Å². The van der Waals surface area contributed by atoms with Gasteiger partial charge in [-0.3, -0.25) is 0 Å². The number of nitrogens with zero attached hydrogens (tertiary/aromatic N) is 1. The molecule has 2 aromatic rings. The zero-order valence-corrected chi connectivity index (χ0v) is 13.3. The van der Waals surface area contributed by atoms with Crippen LogP contribution in [0.2, 0.25) is 10.0 Å². The first kappa shape index (κ1) is 15.4. The molecule has 20 heavy (non-hydrogen) atoms. The van der Waals surface area contributed by atoms with E-state index in [1.165, 1.54) is 0 Å². The molecule has 0 amide bonds. The van der Waals surface area contributed by atoms with Gasteiger partial charge in [-0.2, -0.15) is 0 Å². The minimum atomic E-state index is 0.0890. The summed E-state index contributed by atoms with van der Waals surface area (Å²) in [6.45, 7) is 7.19. The lowest BCUT2D eigenvalue weighted by Gasteiger charge is -2.19. The van der Waals surface area contributed by atoms with Crippen LogP contribution in [0, 0.1) is 0 Å². The Bertz CT molecular complexity index is 588. The third kappa shape index (κ3) is 4.23. The Morgan fingerprint density at radius 2 is 2.00 bits per heavy atom. The smallest absolute Gasteiger partial charge is 0.196 e. The van der Waals surface area contributed by atoms with E-state index in [1.54, 1.807) is 24.4 Å². The van der Waals surface area contributed by atoms with Gasteiger partial charge in [0.25, 0.3) is 0 Å². The SMILES string of the molecule is CC(C)(C)NCCc1ncc(-c2cc(Cl)ccc2Cl)o1. The predicted octanol–water partition coefficient (Wildman–Crippen LogP) is 4.58. The predicted molar refractivity (Wildman–Crippen MR) is 83.4 cm³/mol. The first-order valence-corrected chi connectivity index (χ1v) is 7.26. The molecular formula is C15H18Cl2N2O. The molecule has 0 saturated heterocycles. The lowest BCUT2D eigenvalue weighted by Crippen LogP contribution is -2.37. The molecule has 0 aliphatic carbocycles. The molecular weight excluding hydrogens is 295 g/mol. The van der Waals surface area contributed by atoms with Crippen molar-refractivity contribution < 1.29 is 4.42 Å². The van der Waals surface area contributed by atoms with Gasteiger partial charge in [0.2, 0.25) is 0 Å². The fraction of sp³-hybridized carbons (Fsp3) is 0.400. The third-order valence-electron chi connectivity index (χ3n) is 2.74. The minimum absolute atomic E-state index is 0.0890. The van der Waals surface area contributed by atoms with Crippen molar-refractivity contribution in [2.75, 3.05) is 6.54 Å². The Morgan fingerprint density at radius 3 is 2.70 bits per heavy atom. The van der Waals surface area contributed by atoms with E-state index in [4.69, 9.17) is 27.6 Å². The topological polar surface area (TPSA) is 38.1 Å². The minimum Gasteiger partial charge on any atom is -0.441 e. The van der Waals surface area contributed by atoms with Gasteiger partial charge in [-0.05, 0) is 39.0 Å². The number of hydrogen-bond donors (Lipinski definition) is 1. The van der Waals surface area contributed by atoms with Gasteiger partial charge in [-0.1, -0.05) is 23.2 Å². The maximum Gasteiger partial charge on any atom is 0.196 e. The molecule has 1 aromatic heterocycles. The Labute approximate surface area is 129 Å². The highest BCUT2D eigenvalue weighted by Crippen LogP contribution is 2.30. The van der Waals surface area contributed by atoms with E-state index in [2.05, 4.69) is 31.1 Å². The van der Waals surface area contributed by atoms with Crippen molar-refractivity contribution in [2.45, 2.75) is 32.7 Å². The van der Waals surface area contributed by atoms with E-state index in [9.17, 15) is 0 Å². The van der Waals surface area contributed by atoms with Crippen molar-refractivity contribution in [2.24, 2.45) is 0 Å². The summed E-state index contributed by atoms with van der Waals surface area (Å²) in [7, 11) is 0. The number of nitrogens with one attached hydrogen (secondary N) is 1. The van der Waals surface area contributed by atoms with Crippen LogP contribution in [0.5, 0.6) is 0 Å². The first-order valence-electron chi connectivity index (χ1n) is 6.50. The quantitative estimate of drug-likeness (QED) is 0.898. The highest BCUT2D eigenvalue weighted by Gasteiger charge is 2.12.